The predicted molar refractivity (Wildman–Crippen MR) is 84.5 cm³/mol. The molecule has 0 saturated heterocycles. The molecule has 0 aromatic heterocycles. The van der Waals surface area contributed by atoms with Crippen molar-refractivity contribution < 1.29 is 9.53 Å². The van der Waals surface area contributed by atoms with Gasteiger partial charge in [-0.3, -0.25) is 4.79 Å². The maximum atomic E-state index is 12.5. The largest absolute Gasteiger partial charge is 0.494 e. The molecule has 1 heterocycles. The Morgan fingerprint density at radius 3 is 2.52 bits per heavy atom. The molecule has 1 unspecified atom stereocenters. The van der Waals surface area contributed by atoms with Crippen LogP contribution in [0.5, 0.6) is 5.75 Å². The lowest BCUT2D eigenvalue weighted by atomic mass is 9.92. The SMILES string of the molecule is CCOc1ccc(N2N=C(C(C)C)C(CCN)C2=O)cc1. The topological polar surface area (TPSA) is 67.9 Å². The van der Waals surface area contributed by atoms with Crippen LogP contribution in [0.1, 0.15) is 27.2 Å². The summed E-state index contributed by atoms with van der Waals surface area (Å²) in [7, 11) is 0. The van der Waals surface area contributed by atoms with Crippen molar-refractivity contribution in [3.63, 3.8) is 0 Å². The van der Waals surface area contributed by atoms with Crippen molar-refractivity contribution in [3.05, 3.63) is 24.3 Å². The van der Waals surface area contributed by atoms with E-state index in [9.17, 15) is 4.79 Å². The number of carbonyl (C=O) groups excluding carboxylic acids is 1. The number of hydrazone groups is 1. The first-order valence-electron chi connectivity index (χ1n) is 7.43. The number of carbonyl (C=O) groups is 1. The number of hydrogen-bond donors (Lipinski definition) is 1. The Bertz CT molecular complexity index is 523. The van der Waals surface area contributed by atoms with Crippen LogP contribution in [0.25, 0.3) is 0 Å². The highest BCUT2D eigenvalue weighted by Gasteiger charge is 2.37. The van der Waals surface area contributed by atoms with Crippen LogP contribution in [0.15, 0.2) is 29.4 Å². The highest BCUT2D eigenvalue weighted by Crippen LogP contribution is 2.29. The molecule has 1 aromatic carbocycles. The molecule has 0 bridgehead atoms. The van der Waals surface area contributed by atoms with E-state index in [1.807, 2.05) is 31.2 Å². The van der Waals surface area contributed by atoms with E-state index in [2.05, 4.69) is 18.9 Å². The van der Waals surface area contributed by atoms with E-state index in [4.69, 9.17) is 10.5 Å². The standard InChI is InChI=1S/C16H23N3O2/c1-4-21-13-7-5-12(6-8-13)19-16(20)14(9-10-17)15(18-19)11(2)3/h5-8,11,14H,4,9-10,17H2,1-3H3. The van der Waals surface area contributed by atoms with Crippen LogP contribution in [0.2, 0.25) is 0 Å². The molecule has 0 fully saturated rings. The van der Waals surface area contributed by atoms with E-state index < -0.39 is 0 Å². The minimum atomic E-state index is -0.193. The zero-order valence-electron chi connectivity index (χ0n) is 12.9. The van der Waals surface area contributed by atoms with Crippen molar-refractivity contribution >= 4 is 17.3 Å². The molecule has 2 rings (SSSR count). The number of rotatable bonds is 6. The fourth-order valence-electron chi connectivity index (χ4n) is 2.50. The number of hydrogen-bond acceptors (Lipinski definition) is 4. The number of ether oxygens (including phenoxy) is 1. The summed E-state index contributed by atoms with van der Waals surface area (Å²) in [6.45, 7) is 7.15. The third kappa shape index (κ3) is 3.24. The molecule has 0 spiro atoms. The van der Waals surface area contributed by atoms with Gasteiger partial charge in [-0.15, -0.1) is 0 Å². The summed E-state index contributed by atoms with van der Waals surface area (Å²) in [5.41, 5.74) is 7.31. The van der Waals surface area contributed by atoms with Crippen LogP contribution in [-0.4, -0.2) is 24.8 Å². The summed E-state index contributed by atoms with van der Waals surface area (Å²) < 4.78 is 5.41. The molecule has 21 heavy (non-hydrogen) atoms. The Kier molecular flexibility index (Phi) is 4.96. The zero-order chi connectivity index (χ0) is 15.4. The second-order valence-electron chi connectivity index (χ2n) is 5.39. The Labute approximate surface area is 125 Å². The quantitative estimate of drug-likeness (QED) is 0.874. The molecule has 1 atom stereocenters. The molecule has 1 aliphatic rings. The van der Waals surface area contributed by atoms with Crippen LogP contribution >= 0.6 is 0 Å². The molecule has 0 radical (unpaired) electrons. The summed E-state index contributed by atoms with van der Waals surface area (Å²) in [5.74, 6) is 0.840. The molecule has 1 amide bonds. The van der Waals surface area contributed by atoms with Crippen LogP contribution < -0.4 is 15.5 Å². The number of nitrogens with two attached hydrogens (primary N) is 1. The Balaban J connectivity index is 2.25. The van der Waals surface area contributed by atoms with Gasteiger partial charge in [-0.05, 0) is 50.1 Å². The van der Waals surface area contributed by atoms with Gasteiger partial charge in [0.2, 0.25) is 0 Å². The van der Waals surface area contributed by atoms with Gasteiger partial charge in [-0.1, -0.05) is 13.8 Å². The van der Waals surface area contributed by atoms with Crippen LogP contribution in [0, 0.1) is 11.8 Å². The van der Waals surface area contributed by atoms with Crippen molar-refractivity contribution in [1.29, 1.82) is 0 Å². The molecule has 5 heteroatoms. The summed E-state index contributed by atoms with van der Waals surface area (Å²) in [6.07, 6.45) is 0.642. The molecule has 1 aliphatic heterocycles. The van der Waals surface area contributed by atoms with Crippen LogP contribution in [-0.2, 0) is 4.79 Å². The van der Waals surface area contributed by atoms with E-state index in [1.165, 1.54) is 5.01 Å². The first-order chi connectivity index (χ1) is 10.1. The smallest absolute Gasteiger partial charge is 0.256 e. The summed E-state index contributed by atoms with van der Waals surface area (Å²) in [6, 6.07) is 7.42. The molecular formula is C16H23N3O2. The third-order valence-corrected chi connectivity index (χ3v) is 3.52. The Morgan fingerprint density at radius 1 is 1.33 bits per heavy atom. The van der Waals surface area contributed by atoms with Crippen molar-refractivity contribution in [2.24, 2.45) is 22.7 Å². The molecule has 1 aromatic rings. The van der Waals surface area contributed by atoms with Gasteiger partial charge < -0.3 is 10.5 Å². The lowest BCUT2D eigenvalue weighted by Crippen LogP contribution is -2.30. The van der Waals surface area contributed by atoms with Crippen molar-refractivity contribution in [3.8, 4) is 5.75 Å². The maximum absolute atomic E-state index is 12.5. The van der Waals surface area contributed by atoms with Gasteiger partial charge in [0.15, 0.2) is 0 Å². The molecule has 5 nitrogen and oxygen atoms in total. The van der Waals surface area contributed by atoms with Crippen LogP contribution in [0.3, 0.4) is 0 Å². The summed E-state index contributed by atoms with van der Waals surface area (Å²) in [5, 5.41) is 6.01. The van der Waals surface area contributed by atoms with Gasteiger partial charge in [-0.25, -0.2) is 5.01 Å². The van der Waals surface area contributed by atoms with E-state index in [0.29, 0.717) is 19.6 Å². The van der Waals surface area contributed by atoms with Gasteiger partial charge in [0.05, 0.1) is 23.9 Å². The van der Waals surface area contributed by atoms with Crippen LogP contribution in [0.4, 0.5) is 5.69 Å². The Morgan fingerprint density at radius 2 is 2.00 bits per heavy atom. The highest BCUT2D eigenvalue weighted by atomic mass is 16.5. The van der Waals surface area contributed by atoms with E-state index >= 15 is 0 Å². The molecule has 2 N–H and O–H groups in total. The van der Waals surface area contributed by atoms with Gasteiger partial charge in [0.25, 0.3) is 5.91 Å². The van der Waals surface area contributed by atoms with E-state index in [1.54, 1.807) is 0 Å². The highest BCUT2D eigenvalue weighted by molar-refractivity contribution is 6.16. The number of benzene rings is 1. The average molecular weight is 289 g/mol. The lowest BCUT2D eigenvalue weighted by molar-refractivity contribution is -0.119. The molecule has 114 valence electrons. The average Bonchev–Trinajstić information content (AvgIpc) is 2.79. The van der Waals surface area contributed by atoms with Crippen molar-refractivity contribution in [1.82, 2.24) is 0 Å². The van der Waals surface area contributed by atoms with Gasteiger partial charge in [-0.2, -0.15) is 5.10 Å². The normalized spacial score (nSPS) is 18.3. The first kappa shape index (κ1) is 15.5. The van der Waals surface area contributed by atoms with Gasteiger partial charge >= 0.3 is 0 Å². The Hall–Kier alpha value is -1.88. The third-order valence-electron chi connectivity index (χ3n) is 3.52. The van der Waals surface area contributed by atoms with Gasteiger partial charge in [0.1, 0.15) is 5.75 Å². The minimum absolute atomic E-state index is 0.00769. The van der Waals surface area contributed by atoms with Crippen molar-refractivity contribution in [2.45, 2.75) is 27.2 Å². The number of anilines is 1. The molecular weight excluding hydrogens is 266 g/mol. The lowest BCUT2D eigenvalue weighted by Gasteiger charge is -2.15. The zero-order valence-corrected chi connectivity index (χ0v) is 12.9. The number of amides is 1. The van der Waals surface area contributed by atoms with Crippen molar-refractivity contribution in [2.75, 3.05) is 18.2 Å². The second-order valence-corrected chi connectivity index (χ2v) is 5.39. The second kappa shape index (κ2) is 6.72. The fraction of sp³-hybridized carbons (Fsp3) is 0.500. The number of nitrogens with zero attached hydrogens (tertiary/aromatic N) is 2. The summed E-state index contributed by atoms with van der Waals surface area (Å²) in [4.78, 5) is 12.5. The fourth-order valence-corrected chi connectivity index (χ4v) is 2.50. The van der Waals surface area contributed by atoms with E-state index in [0.717, 1.165) is 17.1 Å². The molecule has 0 aliphatic carbocycles. The monoisotopic (exact) mass is 289 g/mol. The first-order valence-corrected chi connectivity index (χ1v) is 7.43. The summed E-state index contributed by atoms with van der Waals surface area (Å²) >= 11 is 0. The predicted octanol–water partition coefficient (Wildman–Crippen LogP) is 2.41. The minimum Gasteiger partial charge on any atom is -0.494 e. The van der Waals surface area contributed by atoms with Gasteiger partial charge in [0, 0.05) is 0 Å². The van der Waals surface area contributed by atoms with E-state index in [-0.39, 0.29) is 17.7 Å². The maximum Gasteiger partial charge on any atom is 0.256 e. The molecule has 0 saturated carbocycles.